The minimum absolute atomic E-state index is 0.0780. The van der Waals surface area contributed by atoms with Crippen LogP contribution in [0.4, 0.5) is 0 Å². The lowest BCUT2D eigenvalue weighted by atomic mass is 10.0. The fraction of sp³-hybridized carbons (Fsp3) is 0.754. The summed E-state index contributed by atoms with van der Waals surface area (Å²) in [5, 5.41) is 23.2. The van der Waals surface area contributed by atoms with Crippen molar-refractivity contribution in [3.8, 4) is 0 Å². The van der Waals surface area contributed by atoms with E-state index in [1.807, 2.05) is 6.08 Å². The standard InChI is InChI=1S/C61H109NO3/c1-3-5-7-9-11-13-15-17-19-21-23-25-27-29-31-33-35-37-39-41-43-45-47-49-51-53-55-57-61(65)62-59(58-63)60(64)56-54-52-50-48-46-44-42-40-38-36-34-32-30-28-26-24-22-20-18-16-14-12-10-8-6-4-2/h5,7,11,13,17,19,23,25,29,31,46,48,54,56,59-60,63-64H,3-4,6,8-10,12,14-16,18,20-22,24,26-28,30,32-45,47,49-53,55,57-58H2,1-2H3,(H,62,65)/b7-5-,13-11-,19-17-,25-23-,31-29-,48-46+,56-54+. The van der Waals surface area contributed by atoms with Gasteiger partial charge in [-0.25, -0.2) is 0 Å². The molecule has 0 saturated carbocycles. The largest absolute Gasteiger partial charge is 0.394 e. The molecule has 0 aromatic rings. The molecule has 0 aliphatic rings. The molecule has 65 heavy (non-hydrogen) atoms. The Kier molecular flexibility index (Phi) is 53.8. The van der Waals surface area contributed by atoms with Crippen LogP contribution in [0.15, 0.2) is 85.1 Å². The van der Waals surface area contributed by atoms with E-state index >= 15 is 0 Å². The van der Waals surface area contributed by atoms with Gasteiger partial charge in [0.15, 0.2) is 0 Å². The van der Waals surface area contributed by atoms with E-state index in [2.05, 4.69) is 92.1 Å². The van der Waals surface area contributed by atoms with Crippen molar-refractivity contribution in [1.82, 2.24) is 5.32 Å². The van der Waals surface area contributed by atoms with E-state index in [0.717, 1.165) is 64.2 Å². The van der Waals surface area contributed by atoms with Crippen LogP contribution in [-0.2, 0) is 4.79 Å². The monoisotopic (exact) mass is 904 g/mol. The number of amides is 1. The quantitative estimate of drug-likeness (QED) is 0.0421. The number of rotatable bonds is 51. The van der Waals surface area contributed by atoms with Crippen LogP contribution in [0.2, 0.25) is 0 Å². The zero-order valence-corrected chi connectivity index (χ0v) is 43.2. The molecular formula is C61H109NO3. The van der Waals surface area contributed by atoms with E-state index < -0.39 is 12.1 Å². The summed E-state index contributed by atoms with van der Waals surface area (Å²) in [7, 11) is 0. The van der Waals surface area contributed by atoms with E-state index in [1.165, 1.54) is 193 Å². The van der Waals surface area contributed by atoms with Crippen LogP contribution >= 0.6 is 0 Å². The fourth-order valence-corrected chi connectivity index (χ4v) is 8.34. The average Bonchev–Trinajstić information content (AvgIpc) is 3.31. The molecule has 2 atom stereocenters. The van der Waals surface area contributed by atoms with Crippen LogP contribution in [0.1, 0.15) is 277 Å². The SMILES string of the molecule is CC/C=C\C/C=C\C/C=C\C/C=C\C/C=C\CCCCCCCCCCCCCC(=O)NC(CO)C(O)/C=C/CC/C=C/CCCCCCCCCCCCCCCCCCCCCC. The Morgan fingerprint density at radius 2 is 0.692 bits per heavy atom. The summed E-state index contributed by atoms with van der Waals surface area (Å²) in [6.07, 6.45) is 81.7. The molecule has 4 heteroatoms. The predicted octanol–water partition coefficient (Wildman–Crippen LogP) is 18.8. The van der Waals surface area contributed by atoms with Crippen molar-refractivity contribution in [1.29, 1.82) is 0 Å². The van der Waals surface area contributed by atoms with Crippen molar-refractivity contribution >= 4 is 5.91 Å². The highest BCUT2D eigenvalue weighted by Gasteiger charge is 2.18. The summed E-state index contributed by atoms with van der Waals surface area (Å²) in [6.45, 7) is 4.20. The van der Waals surface area contributed by atoms with Gasteiger partial charge in [-0.15, -0.1) is 0 Å². The zero-order chi connectivity index (χ0) is 47.0. The van der Waals surface area contributed by atoms with Gasteiger partial charge in [0.25, 0.3) is 0 Å². The predicted molar refractivity (Wildman–Crippen MR) is 290 cm³/mol. The number of hydrogen-bond acceptors (Lipinski definition) is 3. The minimum atomic E-state index is -0.869. The lowest BCUT2D eigenvalue weighted by molar-refractivity contribution is -0.123. The Labute approximate surface area is 405 Å². The molecule has 0 rings (SSSR count). The molecule has 2 unspecified atom stereocenters. The first kappa shape index (κ1) is 62.6. The second-order valence-electron chi connectivity index (χ2n) is 19.0. The third-order valence-corrected chi connectivity index (χ3v) is 12.6. The number of unbranched alkanes of at least 4 members (excludes halogenated alkanes) is 32. The maximum absolute atomic E-state index is 12.5. The Balaban J connectivity index is 3.57. The molecule has 0 aliphatic carbocycles. The summed E-state index contributed by atoms with van der Waals surface area (Å²) in [5.74, 6) is -0.0780. The number of aliphatic hydroxyl groups excluding tert-OH is 2. The van der Waals surface area contributed by atoms with E-state index in [9.17, 15) is 15.0 Å². The van der Waals surface area contributed by atoms with E-state index in [0.29, 0.717) is 6.42 Å². The number of allylic oxidation sites excluding steroid dienone is 13. The first-order valence-electron chi connectivity index (χ1n) is 28.3. The maximum Gasteiger partial charge on any atom is 0.220 e. The second kappa shape index (κ2) is 55.9. The molecule has 0 fully saturated rings. The summed E-state index contributed by atoms with van der Waals surface area (Å²) in [6, 6.07) is -0.647. The topological polar surface area (TPSA) is 69.6 Å². The van der Waals surface area contributed by atoms with Gasteiger partial charge in [-0.1, -0.05) is 279 Å². The average molecular weight is 905 g/mol. The lowest BCUT2D eigenvalue weighted by Crippen LogP contribution is -2.45. The molecule has 0 spiro atoms. The van der Waals surface area contributed by atoms with Gasteiger partial charge in [0.1, 0.15) is 0 Å². The number of aliphatic hydroxyl groups is 2. The van der Waals surface area contributed by atoms with E-state index in [-0.39, 0.29) is 12.5 Å². The smallest absolute Gasteiger partial charge is 0.220 e. The Morgan fingerprint density at radius 3 is 1.08 bits per heavy atom. The lowest BCUT2D eigenvalue weighted by Gasteiger charge is -2.19. The van der Waals surface area contributed by atoms with Crippen LogP contribution < -0.4 is 5.32 Å². The second-order valence-corrected chi connectivity index (χ2v) is 19.0. The molecule has 376 valence electrons. The molecule has 0 radical (unpaired) electrons. The summed E-state index contributed by atoms with van der Waals surface area (Å²) < 4.78 is 0. The molecule has 0 heterocycles. The van der Waals surface area contributed by atoms with Crippen molar-refractivity contribution in [3.05, 3.63) is 85.1 Å². The van der Waals surface area contributed by atoms with Gasteiger partial charge in [0.2, 0.25) is 5.91 Å². The van der Waals surface area contributed by atoms with Crippen molar-refractivity contribution in [2.75, 3.05) is 6.61 Å². The molecule has 1 amide bonds. The Hall–Kier alpha value is -2.43. The minimum Gasteiger partial charge on any atom is -0.394 e. The molecule has 0 bridgehead atoms. The van der Waals surface area contributed by atoms with Gasteiger partial charge >= 0.3 is 0 Å². The van der Waals surface area contributed by atoms with Gasteiger partial charge in [-0.05, 0) is 77.0 Å². The summed E-state index contributed by atoms with van der Waals surface area (Å²) in [5.41, 5.74) is 0. The van der Waals surface area contributed by atoms with Crippen LogP contribution in [0.5, 0.6) is 0 Å². The summed E-state index contributed by atoms with van der Waals surface area (Å²) >= 11 is 0. The highest BCUT2D eigenvalue weighted by molar-refractivity contribution is 5.76. The molecular weight excluding hydrogens is 795 g/mol. The van der Waals surface area contributed by atoms with Gasteiger partial charge in [0.05, 0.1) is 18.8 Å². The van der Waals surface area contributed by atoms with Crippen molar-refractivity contribution in [3.63, 3.8) is 0 Å². The van der Waals surface area contributed by atoms with Gasteiger partial charge < -0.3 is 15.5 Å². The molecule has 4 nitrogen and oxygen atoms in total. The Bertz CT molecular complexity index is 1160. The summed E-state index contributed by atoms with van der Waals surface area (Å²) in [4.78, 5) is 12.5. The van der Waals surface area contributed by atoms with E-state index in [1.54, 1.807) is 6.08 Å². The van der Waals surface area contributed by atoms with Crippen molar-refractivity contribution in [2.45, 2.75) is 289 Å². The van der Waals surface area contributed by atoms with Crippen LogP contribution in [-0.4, -0.2) is 34.9 Å². The van der Waals surface area contributed by atoms with Crippen LogP contribution in [0.25, 0.3) is 0 Å². The third-order valence-electron chi connectivity index (χ3n) is 12.6. The third kappa shape index (κ3) is 52.4. The van der Waals surface area contributed by atoms with Crippen LogP contribution in [0.3, 0.4) is 0 Å². The molecule has 3 N–H and O–H groups in total. The Morgan fingerprint density at radius 1 is 0.385 bits per heavy atom. The molecule has 0 saturated heterocycles. The van der Waals surface area contributed by atoms with Gasteiger partial charge in [-0.3, -0.25) is 4.79 Å². The van der Waals surface area contributed by atoms with E-state index in [4.69, 9.17) is 0 Å². The van der Waals surface area contributed by atoms with Crippen LogP contribution in [0, 0.1) is 0 Å². The molecule has 0 aromatic heterocycles. The molecule has 0 aromatic carbocycles. The van der Waals surface area contributed by atoms with Crippen molar-refractivity contribution < 1.29 is 15.0 Å². The van der Waals surface area contributed by atoms with Crippen molar-refractivity contribution in [2.24, 2.45) is 0 Å². The zero-order valence-electron chi connectivity index (χ0n) is 43.2. The fourth-order valence-electron chi connectivity index (χ4n) is 8.34. The van der Waals surface area contributed by atoms with Gasteiger partial charge in [0, 0.05) is 6.42 Å². The number of hydrogen-bond donors (Lipinski definition) is 3. The highest BCUT2D eigenvalue weighted by Crippen LogP contribution is 2.16. The number of carbonyl (C=O) groups excluding carboxylic acids is 1. The first-order chi connectivity index (χ1) is 32.2. The number of nitrogens with one attached hydrogen (secondary N) is 1. The van der Waals surface area contributed by atoms with Gasteiger partial charge in [-0.2, -0.15) is 0 Å². The number of carbonyl (C=O) groups is 1. The first-order valence-corrected chi connectivity index (χ1v) is 28.3. The molecule has 0 aliphatic heterocycles. The highest BCUT2D eigenvalue weighted by atomic mass is 16.3. The normalized spacial score (nSPS) is 13.5. The maximum atomic E-state index is 12.5.